The van der Waals surface area contributed by atoms with Crippen molar-refractivity contribution in [2.45, 2.75) is 27.2 Å². The largest absolute Gasteiger partial charge is 0.381 e. The lowest BCUT2D eigenvalue weighted by Gasteiger charge is -2.11. The number of carbonyl (C=O) groups is 1. The lowest BCUT2D eigenvalue weighted by Crippen LogP contribution is -2.27. The number of aromatic nitrogens is 1. The first-order valence-corrected chi connectivity index (χ1v) is 7.30. The maximum Gasteiger partial charge on any atom is 0.255 e. The molecule has 0 unspecified atom stereocenters. The van der Waals surface area contributed by atoms with Crippen LogP contribution in [-0.2, 0) is 4.74 Å². The summed E-state index contributed by atoms with van der Waals surface area (Å²) in [6.07, 6.45) is 1.81. The molecule has 1 rings (SSSR count). The predicted molar refractivity (Wildman–Crippen MR) is 81.0 cm³/mol. The van der Waals surface area contributed by atoms with Crippen molar-refractivity contribution < 1.29 is 13.9 Å². The summed E-state index contributed by atoms with van der Waals surface area (Å²) in [4.78, 5) is 15.9. The Bertz CT molecular complexity index is 453. The van der Waals surface area contributed by atoms with Crippen LogP contribution >= 0.6 is 0 Å². The van der Waals surface area contributed by atoms with Gasteiger partial charge in [-0.1, -0.05) is 13.8 Å². The van der Waals surface area contributed by atoms with E-state index in [1.807, 2.05) is 6.92 Å². The number of halogens is 1. The molecule has 0 aliphatic heterocycles. The molecule has 0 saturated heterocycles. The second kappa shape index (κ2) is 9.28. The van der Waals surface area contributed by atoms with E-state index in [9.17, 15) is 9.18 Å². The fourth-order valence-electron chi connectivity index (χ4n) is 1.71. The number of pyridine rings is 1. The van der Waals surface area contributed by atoms with Crippen molar-refractivity contribution in [3.8, 4) is 0 Å². The van der Waals surface area contributed by atoms with Gasteiger partial charge in [-0.3, -0.25) is 4.79 Å². The van der Waals surface area contributed by atoms with Crippen LogP contribution in [0.4, 0.5) is 10.2 Å². The zero-order valence-corrected chi connectivity index (χ0v) is 12.9. The van der Waals surface area contributed by atoms with Crippen molar-refractivity contribution in [1.82, 2.24) is 10.3 Å². The Hall–Kier alpha value is -1.69. The van der Waals surface area contributed by atoms with Crippen molar-refractivity contribution >= 4 is 11.7 Å². The number of hydrogen-bond donors (Lipinski definition) is 2. The lowest BCUT2D eigenvalue weighted by atomic mass is 10.2. The number of hydrogen-bond acceptors (Lipinski definition) is 4. The van der Waals surface area contributed by atoms with Gasteiger partial charge in [0.25, 0.3) is 5.91 Å². The van der Waals surface area contributed by atoms with Gasteiger partial charge >= 0.3 is 0 Å². The first-order chi connectivity index (χ1) is 10.0. The monoisotopic (exact) mass is 297 g/mol. The van der Waals surface area contributed by atoms with E-state index >= 15 is 0 Å². The molecule has 5 nitrogen and oxygen atoms in total. The molecule has 0 saturated carbocycles. The molecular formula is C15H24FN3O2. The maximum atomic E-state index is 13.2. The van der Waals surface area contributed by atoms with Crippen LogP contribution in [-0.4, -0.2) is 37.2 Å². The minimum Gasteiger partial charge on any atom is -0.381 e. The first kappa shape index (κ1) is 17.4. The van der Waals surface area contributed by atoms with Gasteiger partial charge in [0, 0.05) is 26.3 Å². The number of ether oxygens (including phenoxy) is 1. The number of anilines is 1. The van der Waals surface area contributed by atoms with Crippen molar-refractivity contribution in [3.05, 3.63) is 23.6 Å². The van der Waals surface area contributed by atoms with E-state index in [-0.39, 0.29) is 11.5 Å². The highest BCUT2D eigenvalue weighted by atomic mass is 19.1. The van der Waals surface area contributed by atoms with Crippen molar-refractivity contribution in [1.29, 1.82) is 0 Å². The molecular weight excluding hydrogens is 273 g/mol. The molecule has 6 heteroatoms. The zero-order chi connectivity index (χ0) is 15.7. The van der Waals surface area contributed by atoms with E-state index in [0.29, 0.717) is 38.0 Å². The summed E-state index contributed by atoms with van der Waals surface area (Å²) in [7, 11) is 0. The van der Waals surface area contributed by atoms with Gasteiger partial charge in [0.2, 0.25) is 0 Å². The van der Waals surface area contributed by atoms with Crippen molar-refractivity contribution in [3.63, 3.8) is 0 Å². The third kappa shape index (κ3) is 6.53. The van der Waals surface area contributed by atoms with Crippen LogP contribution in [0.1, 0.15) is 37.6 Å². The fourth-order valence-corrected chi connectivity index (χ4v) is 1.71. The summed E-state index contributed by atoms with van der Waals surface area (Å²) in [6.45, 7) is 8.47. The third-order valence-corrected chi connectivity index (χ3v) is 2.65. The lowest BCUT2D eigenvalue weighted by molar-refractivity contribution is 0.0925. The second-order valence-corrected chi connectivity index (χ2v) is 5.16. The summed E-state index contributed by atoms with van der Waals surface area (Å²) in [5.41, 5.74) is 0.222. The molecule has 1 aromatic heterocycles. The minimum atomic E-state index is -0.526. The van der Waals surface area contributed by atoms with E-state index in [2.05, 4.69) is 29.5 Å². The molecule has 0 spiro atoms. The van der Waals surface area contributed by atoms with Crippen molar-refractivity contribution in [2.75, 3.05) is 31.6 Å². The molecule has 0 fully saturated rings. The predicted octanol–water partition coefficient (Wildman–Crippen LogP) is 2.45. The summed E-state index contributed by atoms with van der Waals surface area (Å²) < 4.78 is 18.6. The molecule has 0 radical (unpaired) electrons. The van der Waals surface area contributed by atoms with E-state index in [1.54, 1.807) is 0 Å². The average molecular weight is 297 g/mol. The molecule has 0 aliphatic rings. The average Bonchev–Trinajstić information content (AvgIpc) is 2.44. The molecule has 1 amide bonds. The standard InChI is InChI=1S/C15H24FN3O2/c1-4-17-14-13(8-12(16)9-19-14)15(20)18-6-5-7-21-10-11(2)3/h8-9,11H,4-7,10H2,1-3H3,(H,17,19)(H,18,20). The molecule has 1 heterocycles. The van der Waals surface area contributed by atoms with Gasteiger partial charge in [-0.25, -0.2) is 9.37 Å². The van der Waals surface area contributed by atoms with Crippen LogP contribution in [0.3, 0.4) is 0 Å². The Kier molecular flexibility index (Phi) is 7.68. The van der Waals surface area contributed by atoms with Crippen LogP contribution in [0.5, 0.6) is 0 Å². The quantitative estimate of drug-likeness (QED) is 0.687. The Balaban J connectivity index is 2.42. The van der Waals surface area contributed by atoms with Crippen LogP contribution in [0, 0.1) is 11.7 Å². The Morgan fingerprint density at radius 2 is 2.24 bits per heavy atom. The summed E-state index contributed by atoms with van der Waals surface area (Å²) >= 11 is 0. The number of amides is 1. The topological polar surface area (TPSA) is 63.2 Å². The van der Waals surface area contributed by atoms with Crippen LogP contribution in [0.15, 0.2) is 12.3 Å². The second-order valence-electron chi connectivity index (χ2n) is 5.16. The molecule has 0 bridgehead atoms. The highest BCUT2D eigenvalue weighted by Gasteiger charge is 2.13. The molecule has 0 aliphatic carbocycles. The van der Waals surface area contributed by atoms with Crippen LogP contribution < -0.4 is 10.6 Å². The highest BCUT2D eigenvalue weighted by Crippen LogP contribution is 2.13. The normalized spacial score (nSPS) is 10.7. The molecule has 0 aromatic carbocycles. The Morgan fingerprint density at radius 3 is 2.90 bits per heavy atom. The van der Waals surface area contributed by atoms with E-state index in [1.165, 1.54) is 6.07 Å². The summed E-state index contributed by atoms with van der Waals surface area (Å²) in [6, 6.07) is 1.19. The fraction of sp³-hybridized carbons (Fsp3) is 0.600. The molecule has 0 atom stereocenters. The minimum absolute atomic E-state index is 0.222. The number of rotatable bonds is 9. The van der Waals surface area contributed by atoms with Gasteiger partial charge in [-0.2, -0.15) is 0 Å². The van der Waals surface area contributed by atoms with E-state index < -0.39 is 5.82 Å². The number of carbonyl (C=O) groups excluding carboxylic acids is 1. The Labute approximate surface area is 125 Å². The van der Waals surface area contributed by atoms with Gasteiger partial charge in [0.05, 0.1) is 11.8 Å². The number of nitrogens with one attached hydrogen (secondary N) is 2. The van der Waals surface area contributed by atoms with Gasteiger partial charge in [0.1, 0.15) is 11.6 Å². The molecule has 21 heavy (non-hydrogen) atoms. The van der Waals surface area contributed by atoms with Crippen molar-refractivity contribution in [2.24, 2.45) is 5.92 Å². The van der Waals surface area contributed by atoms with Gasteiger partial charge in [-0.15, -0.1) is 0 Å². The first-order valence-electron chi connectivity index (χ1n) is 7.30. The van der Waals surface area contributed by atoms with Crippen LogP contribution in [0.25, 0.3) is 0 Å². The zero-order valence-electron chi connectivity index (χ0n) is 12.9. The van der Waals surface area contributed by atoms with Crippen LogP contribution in [0.2, 0.25) is 0 Å². The molecule has 2 N–H and O–H groups in total. The van der Waals surface area contributed by atoms with Gasteiger partial charge in [-0.05, 0) is 25.3 Å². The summed E-state index contributed by atoms with van der Waals surface area (Å²) in [5, 5.41) is 5.69. The van der Waals surface area contributed by atoms with Gasteiger partial charge in [0.15, 0.2) is 0 Å². The highest BCUT2D eigenvalue weighted by molar-refractivity contribution is 5.98. The van der Waals surface area contributed by atoms with E-state index in [0.717, 1.165) is 12.6 Å². The molecule has 118 valence electrons. The molecule has 1 aromatic rings. The Morgan fingerprint density at radius 1 is 1.48 bits per heavy atom. The summed E-state index contributed by atoms with van der Waals surface area (Å²) in [5.74, 6) is 0.0389. The smallest absolute Gasteiger partial charge is 0.255 e. The maximum absolute atomic E-state index is 13.2. The van der Waals surface area contributed by atoms with E-state index in [4.69, 9.17) is 4.74 Å². The third-order valence-electron chi connectivity index (χ3n) is 2.65. The number of nitrogens with zero attached hydrogens (tertiary/aromatic N) is 1. The SMILES string of the molecule is CCNc1ncc(F)cc1C(=O)NCCCOCC(C)C. The van der Waals surface area contributed by atoms with Gasteiger partial charge < -0.3 is 15.4 Å².